The summed E-state index contributed by atoms with van der Waals surface area (Å²) in [5, 5.41) is 25.9. The van der Waals surface area contributed by atoms with Crippen molar-refractivity contribution in [2.75, 3.05) is 0 Å². The lowest BCUT2D eigenvalue weighted by Crippen LogP contribution is -1.95. The highest BCUT2D eigenvalue weighted by molar-refractivity contribution is 5.89. The monoisotopic (exact) mass is 268 g/mol. The number of carbonyl (C=O) groups is 1. The standard InChI is InChI=1S/C15H12N2O3/c18-14-4-2-1-3-13(14)10-17-16-9-11-5-7-12(8-6-11)15(19)20/h1-10,18H,(H,19,20). The number of rotatable bonds is 4. The van der Waals surface area contributed by atoms with Gasteiger partial charge in [0, 0.05) is 5.56 Å². The molecule has 100 valence electrons. The summed E-state index contributed by atoms with van der Waals surface area (Å²) in [5.74, 6) is -0.830. The van der Waals surface area contributed by atoms with Crippen LogP contribution in [0.2, 0.25) is 0 Å². The van der Waals surface area contributed by atoms with Gasteiger partial charge in [-0.1, -0.05) is 24.3 Å². The van der Waals surface area contributed by atoms with Gasteiger partial charge >= 0.3 is 5.97 Å². The summed E-state index contributed by atoms with van der Waals surface area (Å²) < 4.78 is 0. The fraction of sp³-hybridized carbons (Fsp3) is 0. The molecule has 20 heavy (non-hydrogen) atoms. The molecular weight excluding hydrogens is 256 g/mol. The first kappa shape index (κ1) is 13.5. The lowest BCUT2D eigenvalue weighted by atomic mass is 10.1. The van der Waals surface area contributed by atoms with Crippen molar-refractivity contribution in [2.24, 2.45) is 10.2 Å². The first-order chi connectivity index (χ1) is 9.66. The third-order valence-corrected chi connectivity index (χ3v) is 2.56. The molecule has 0 unspecified atom stereocenters. The van der Waals surface area contributed by atoms with Gasteiger partial charge < -0.3 is 10.2 Å². The van der Waals surface area contributed by atoms with Crippen molar-refractivity contribution in [3.05, 3.63) is 65.2 Å². The van der Waals surface area contributed by atoms with Crippen LogP contribution >= 0.6 is 0 Å². The zero-order valence-corrected chi connectivity index (χ0v) is 10.5. The number of hydrogen-bond donors (Lipinski definition) is 2. The first-order valence-electron chi connectivity index (χ1n) is 5.84. The molecule has 5 heteroatoms. The Labute approximate surface area is 115 Å². The van der Waals surface area contributed by atoms with E-state index in [4.69, 9.17) is 5.11 Å². The molecule has 0 spiro atoms. The van der Waals surface area contributed by atoms with E-state index < -0.39 is 5.97 Å². The Hall–Kier alpha value is -2.95. The second-order valence-corrected chi connectivity index (χ2v) is 3.98. The van der Waals surface area contributed by atoms with Crippen molar-refractivity contribution in [2.45, 2.75) is 0 Å². The molecule has 0 aliphatic rings. The Kier molecular flexibility index (Phi) is 4.24. The number of phenols is 1. The van der Waals surface area contributed by atoms with Crippen LogP contribution in [0.5, 0.6) is 5.75 Å². The van der Waals surface area contributed by atoms with Crippen LogP contribution in [0.3, 0.4) is 0 Å². The molecule has 0 aliphatic heterocycles. The minimum Gasteiger partial charge on any atom is -0.507 e. The minimum atomic E-state index is -0.967. The fourth-order valence-corrected chi connectivity index (χ4v) is 1.50. The topological polar surface area (TPSA) is 82.2 Å². The molecule has 0 aromatic heterocycles. The third kappa shape index (κ3) is 3.52. The highest BCUT2D eigenvalue weighted by atomic mass is 16.4. The first-order valence-corrected chi connectivity index (χ1v) is 5.84. The van der Waals surface area contributed by atoms with E-state index in [-0.39, 0.29) is 11.3 Å². The van der Waals surface area contributed by atoms with E-state index in [2.05, 4.69) is 10.2 Å². The van der Waals surface area contributed by atoms with Crippen LogP contribution in [-0.2, 0) is 0 Å². The summed E-state index contributed by atoms with van der Waals surface area (Å²) in [5.41, 5.74) is 1.54. The highest BCUT2D eigenvalue weighted by Gasteiger charge is 2.00. The summed E-state index contributed by atoms with van der Waals surface area (Å²) in [6, 6.07) is 13.1. The van der Waals surface area contributed by atoms with E-state index in [9.17, 15) is 9.90 Å². The van der Waals surface area contributed by atoms with Crippen LogP contribution in [0.15, 0.2) is 58.7 Å². The Morgan fingerprint density at radius 3 is 2.25 bits per heavy atom. The average Bonchev–Trinajstić information content (AvgIpc) is 2.46. The van der Waals surface area contributed by atoms with Gasteiger partial charge in [0.25, 0.3) is 0 Å². The van der Waals surface area contributed by atoms with Crippen molar-refractivity contribution in [1.29, 1.82) is 0 Å². The normalized spacial score (nSPS) is 11.2. The average molecular weight is 268 g/mol. The van der Waals surface area contributed by atoms with Crippen LogP contribution in [-0.4, -0.2) is 28.6 Å². The predicted molar refractivity (Wildman–Crippen MR) is 76.7 cm³/mol. The zero-order chi connectivity index (χ0) is 14.4. The molecule has 2 N–H and O–H groups in total. The van der Waals surface area contributed by atoms with Crippen LogP contribution in [0.1, 0.15) is 21.5 Å². The van der Waals surface area contributed by atoms with Crippen molar-refractivity contribution in [1.82, 2.24) is 0 Å². The number of aromatic carboxylic acids is 1. The molecule has 2 aromatic carbocycles. The maximum atomic E-state index is 10.7. The van der Waals surface area contributed by atoms with E-state index in [1.807, 2.05) is 0 Å². The number of carboxylic acids is 1. The van der Waals surface area contributed by atoms with E-state index in [1.165, 1.54) is 24.6 Å². The molecule has 0 amide bonds. The van der Waals surface area contributed by atoms with E-state index in [0.29, 0.717) is 5.56 Å². The maximum absolute atomic E-state index is 10.7. The third-order valence-electron chi connectivity index (χ3n) is 2.56. The zero-order valence-electron chi connectivity index (χ0n) is 10.5. The lowest BCUT2D eigenvalue weighted by molar-refractivity contribution is 0.0697. The Morgan fingerprint density at radius 2 is 1.60 bits per heavy atom. The molecule has 2 aromatic rings. The van der Waals surface area contributed by atoms with Gasteiger partial charge in [-0.3, -0.25) is 0 Å². The number of carboxylic acid groups (broad SMARTS) is 1. The molecule has 5 nitrogen and oxygen atoms in total. The molecule has 0 saturated carbocycles. The molecule has 0 fully saturated rings. The van der Waals surface area contributed by atoms with Crippen LogP contribution < -0.4 is 0 Å². The molecule has 0 radical (unpaired) electrons. The van der Waals surface area contributed by atoms with Crippen molar-refractivity contribution < 1.29 is 15.0 Å². The molecule has 0 saturated heterocycles. The van der Waals surface area contributed by atoms with Gasteiger partial charge in [0.1, 0.15) is 5.75 Å². The largest absolute Gasteiger partial charge is 0.507 e. The van der Waals surface area contributed by atoms with Gasteiger partial charge in [-0.25, -0.2) is 4.79 Å². The second kappa shape index (κ2) is 6.29. The molecule has 0 bridgehead atoms. The Morgan fingerprint density at radius 1 is 0.950 bits per heavy atom. The summed E-state index contributed by atoms with van der Waals surface area (Å²) in [4.78, 5) is 10.7. The van der Waals surface area contributed by atoms with E-state index in [1.54, 1.807) is 36.4 Å². The number of benzene rings is 2. The van der Waals surface area contributed by atoms with Crippen LogP contribution in [0.25, 0.3) is 0 Å². The number of hydrogen-bond acceptors (Lipinski definition) is 4. The molecule has 2 rings (SSSR count). The van der Waals surface area contributed by atoms with Gasteiger partial charge in [0.15, 0.2) is 0 Å². The van der Waals surface area contributed by atoms with E-state index in [0.717, 1.165) is 5.56 Å². The number of aromatic hydroxyl groups is 1. The van der Waals surface area contributed by atoms with Crippen molar-refractivity contribution in [3.8, 4) is 5.75 Å². The minimum absolute atomic E-state index is 0.136. The van der Waals surface area contributed by atoms with Crippen molar-refractivity contribution >= 4 is 18.4 Å². The lowest BCUT2D eigenvalue weighted by Gasteiger charge is -1.95. The van der Waals surface area contributed by atoms with Gasteiger partial charge in [-0.15, -0.1) is 0 Å². The number of para-hydroxylation sites is 1. The van der Waals surface area contributed by atoms with Gasteiger partial charge in [-0.05, 0) is 29.8 Å². The summed E-state index contributed by atoms with van der Waals surface area (Å²) in [7, 11) is 0. The Bertz CT molecular complexity index is 661. The second-order valence-electron chi connectivity index (χ2n) is 3.98. The molecular formula is C15H12N2O3. The van der Waals surface area contributed by atoms with Gasteiger partial charge in [0.2, 0.25) is 0 Å². The fourth-order valence-electron chi connectivity index (χ4n) is 1.50. The quantitative estimate of drug-likeness (QED) is 0.660. The highest BCUT2D eigenvalue weighted by Crippen LogP contribution is 2.12. The van der Waals surface area contributed by atoms with Crippen LogP contribution in [0.4, 0.5) is 0 Å². The predicted octanol–water partition coefficient (Wildman–Crippen LogP) is 2.54. The molecule has 0 aliphatic carbocycles. The van der Waals surface area contributed by atoms with Crippen LogP contribution in [0, 0.1) is 0 Å². The van der Waals surface area contributed by atoms with E-state index >= 15 is 0 Å². The summed E-state index contributed by atoms with van der Waals surface area (Å²) in [6.07, 6.45) is 2.94. The smallest absolute Gasteiger partial charge is 0.335 e. The number of nitrogens with zero attached hydrogens (tertiary/aromatic N) is 2. The van der Waals surface area contributed by atoms with Gasteiger partial charge in [-0.2, -0.15) is 10.2 Å². The Balaban J connectivity index is 2.03. The SMILES string of the molecule is O=C(O)c1ccc(C=NN=Cc2ccccc2O)cc1. The molecule has 0 atom stereocenters. The molecule has 0 heterocycles. The number of phenolic OH excluding ortho intramolecular Hbond substituents is 1. The van der Waals surface area contributed by atoms with Crippen molar-refractivity contribution in [3.63, 3.8) is 0 Å². The summed E-state index contributed by atoms with van der Waals surface area (Å²) in [6.45, 7) is 0. The maximum Gasteiger partial charge on any atom is 0.335 e. The summed E-state index contributed by atoms with van der Waals surface area (Å²) >= 11 is 0. The van der Waals surface area contributed by atoms with Gasteiger partial charge in [0.05, 0.1) is 18.0 Å².